The number of nitrogens with one attached hydrogen (secondary N) is 2. The summed E-state index contributed by atoms with van der Waals surface area (Å²) in [5, 5.41) is 11.7. The number of carbonyl (C=O) groups excluding carboxylic acids is 2. The number of fused-ring (bicyclic) bond motifs is 1. The van der Waals surface area contributed by atoms with Gasteiger partial charge >= 0.3 is 6.09 Å². The summed E-state index contributed by atoms with van der Waals surface area (Å²) in [6, 6.07) is 5.38. The molecule has 0 atom stereocenters. The average Bonchev–Trinajstić information content (AvgIpc) is 3.29. The number of aromatic nitrogens is 3. The smallest absolute Gasteiger partial charge is 0.406 e. The predicted molar refractivity (Wildman–Crippen MR) is 156 cm³/mol. The molecule has 3 aromatic heterocycles. The van der Waals surface area contributed by atoms with Crippen molar-refractivity contribution in [1.29, 1.82) is 0 Å². The summed E-state index contributed by atoms with van der Waals surface area (Å²) in [6.07, 6.45) is 10.2. The molecule has 3 N–H and O–H groups in total. The number of likely N-dealkylation sites (N-methyl/N-ethyl adjacent to an activating group) is 1. The molecule has 216 valence electrons. The van der Waals surface area contributed by atoms with E-state index < -0.39 is 6.09 Å². The number of hydrogen-bond acceptors (Lipinski definition) is 5. The number of amides is 3. The standard InChI is InChI=1S/C26H33N5O3.C3H7NO2/c1-18(2)13-19-15-27-16-20-14-21(28-25(19)20)17-31-12-8-9-22(26(31)34)29-23(32)10-6-5-7-11-24(33)30(3)4;1-4(2)3(5)6/h7-9,11-12,14-16,18,28H,5-6,10,13,17H2,1-4H3,(H,29,32);1-2H3,(H,5,6)/b11-7+;. The van der Waals surface area contributed by atoms with E-state index in [-0.39, 0.29) is 29.5 Å². The van der Waals surface area contributed by atoms with Crippen molar-refractivity contribution in [1.82, 2.24) is 24.3 Å². The quantitative estimate of drug-likeness (QED) is 0.257. The molecule has 0 unspecified atom stereocenters. The lowest BCUT2D eigenvalue weighted by Gasteiger charge is -2.09. The molecule has 0 saturated heterocycles. The highest BCUT2D eigenvalue weighted by Gasteiger charge is 2.11. The second-order valence-corrected chi connectivity index (χ2v) is 10.3. The van der Waals surface area contributed by atoms with Crippen LogP contribution in [0, 0.1) is 5.92 Å². The number of H-pyrrole nitrogens is 1. The first-order valence-electron chi connectivity index (χ1n) is 13.1. The molecule has 0 bridgehead atoms. The molecule has 0 fully saturated rings. The van der Waals surface area contributed by atoms with Gasteiger partial charge in [0.25, 0.3) is 5.56 Å². The molecule has 11 heteroatoms. The Morgan fingerprint density at radius 1 is 1.15 bits per heavy atom. The van der Waals surface area contributed by atoms with Gasteiger partial charge in [-0.05, 0) is 55.0 Å². The fraction of sp³-hybridized carbons (Fsp3) is 0.414. The summed E-state index contributed by atoms with van der Waals surface area (Å²) in [4.78, 5) is 56.7. The topological polar surface area (TPSA) is 141 Å². The number of allylic oxidation sites excluding steroid dienone is 1. The van der Waals surface area contributed by atoms with Gasteiger partial charge in [-0.15, -0.1) is 0 Å². The first-order chi connectivity index (χ1) is 18.9. The Labute approximate surface area is 234 Å². The SMILES string of the molecule is CC(C)Cc1cncc2cc(Cn3cccc(NC(=O)CCC/C=C/C(=O)N(C)C)c3=O)[nH]c12.CN(C)C(=O)O. The van der Waals surface area contributed by atoms with E-state index >= 15 is 0 Å². The van der Waals surface area contributed by atoms with Gasteiger partial charge in [0.15, 0.2) is 0 Å². The van der Waals surface area contributed by atoms with Crippen LogP contribution in [0.15, 0.2) is 53.7 Å². The molecular formula is C29H40N6O5. The highest BCUT2D eigenvalue weighted by atomic mass is 16.4. The normalized spacial score (nSPS) is 10.9. The second kappa shape index (κ2) is 15.2. The van der Waals surface area contributed by atoms with Crippen LogP contribution in [0.1, 0.15) is 44.4 Å². The van der Waals surface area contributed by atoms with Gasteiger partial charge in [-0.3, -0.25) is 19.4 Å². The van der Waals surface area contributed by atoms with E-state index in [4.69, 9.17) is 5.11 Å². The molecule has 0 saturated carbocycles. The Kier molecular flexibility index (Phi) is 12.1. The molecule has 3 aromatic rings. The lowest BCUT2D eigenvalue weighted by Crippen LogP contribution is -2.25. The van der Waals surface area contributed by atoms with Gasteiger partial charge in [0, 0.05) is 64.3 Å². The van der Waals surface area contributed by atoms with Crippen LogP contribution in [0.2, 0.25) is 0 Å². The third kappa shape index (κ3) is 10.0. The van der Waals surface area contributed by atoms with E-state index in [0.717, 1.165) is 33.5 Å². The Balaban J connectivity index is 0.000000840. The van der Waals surface area contributed by atoms with Gasteiger partial charge in [-0.2, -0.15) is 0 Å². The molecule has 3 heterocycles. The number of carbonyl (C=O) groups is 3. The molecule has 0 radical (unpaired) electrons. The predicted octanol–water partition coefficient (Wildman–Crippen LogP) is 3.95. The van der Waals surface area contributed by atoms with Crippen molar-refractivity contribution in [3.63, 3.8) is 0 Å². The summed E-state index contributed by atoms with van der Waals surface area (Å²) < 4.78 is 1.57. The Bertz CT molecular complexity index is 1390. The Morgan fingerprint density at radius 3 is 2.48 bits per heavy atom. The van der Waals surface area contributed by atoms with Gasteiger partial charge in [0.2, 0.25) is 11.8 Å². The number of anilines is 1. The van der Waals surface area contributed by atoms with Gasteiger partial charge in [0.1, 0.15) is 5.69 Å². The van der Waals surface area contributed by atoms with Crippen LogP contribution in [0.3, 0.4) is 0 Å². The number of pyridine rings is 2. The number of unbranched alkanes of at least 4 members (excludes halogenated alkanes) is 1. The number of rotatable bonds is 10. The van der Waals surface area contributed by atoms with Crippen LogP contribution in [0.25, 0.3) is 10.9 Å². The van der Waals surface area contributed by atoms with Crippen molar-refractivity contribution in [2.75, 3.05) is 33.5 Å². The molecule has 3 amide bonds. The maximum absolute atomic E-state index is 12.9. The lowest BCUT2D eigenvalue weighted by atomic mass is 10.0. The van der Waals surface area contributed by atoms with E-state index in [1.165, 1.54) is 25.1 Å². The zero-order chi connectivity index (χ0) is 29.8. The zero-order valence-corrected chi connectivity index (χ0v) is 24.1. The van der Waals surface area contributed by atoms with Crippen molar-refractivity contribution < 1.29 is 19.5 Å². The van der Waals surface area contributed by atoms with Crippen LogP contribution in [0.4, 0.5) is 10.5 Å². The molecule has 0 aromatic carbocycles. The van der Waals surface area contributed by atoms with Crippen molar-refractivity contribution in [2.45, 2.75) is 46.1 Å². The molecule has 0 aliphatic heterocycles. The first-order valence-corrected chi connectivity index (χ1v) is 13.1. The van der Waals surface area contributed by atoms with Gasteiger partial charge in [-0.1, -0.05) is 19.9 Å². The van der Waals surface area contributed by atoms with Crippen LogP contribution >= 0.6 is 0 Å². The molecule has 0 spiro atoms. The summed E-state index contributed by atoms with van der Waals surface area (Å²) in [6.45, 7) is 4.71. The Morgan fingerprint density at radius 2 is 1.85 bits per heavy atom. The van der Waals surface area contributed by atoms with E-state index in [1.807, 2.05) is 18.5 Å². The zero-order valence-electron chi connectivity index (χ0n) is 24.1. The van der Waals surface area contributed by atoms with E-state index in [1.54, 1.807) is 43.1 Å². The fourth-order valence-corrected chi connectivity index (χ4v) is 3.71. The van der Waals surface area contributed by atoms with Crippen molar-refractivity contribution in [2.24, 2.45) is 5.92 Å². The maximum Gasteiger partial charge on any atom is 0.406 e. The van der Waals surface area contributed by atoms with Crippen LogP contribution in [-0.2, 0) is 22.6 Å². The number of aromatic amines is 1. The van der Waals surface area contributed by atoms with Gasteiger partial charge < -0.3 is 29.8 Å². The van der Waals surface area contributed by atoms with Crippen molar-refractivity contribution in [3.8, 4) is 0 Å². The molecule has 0 aliphatic rings. The maximum atomic E-state index is 12.9. The molecule has 40 heavy (non-hydrogen) atoms. The largest absolute Gasteiger partial charge is 0.465 e. The minimum absolute atomic E-state index is 0.0864. The number of hydrogen-bond donors (Lipinski definition) is 3. The van der Waals surface area contributed by atoms with E-state index in [2.05, 4.69) is 29.1 Å². The summed E-state index contributed by atoms with van der Waals surface area (Å²) in [5.74, 6) is 0.201. The fourth-order valence-electron chi connectivity index (χ4n) is 3.71. The Hall–Kier alpha value is -4.41. The molecule has 0 aliphatic carbocycles. The monoisotopic (exact) mass is 552 g/mol. The summed E-state index contributed by atoms with van der Waals surface area (Å²) in [7, 11) is 6.32. The highest BCUT2D eigenvalue weighted by molar-refractivity contribution is 5.90. The average molecular weight is 553 g/mol. The minimum atomic E-state index is -0.907. The van der Waals surface area contributed by atoms with Gasteiger partial charge in [0.05, 0.1) is 12.1 Å². The third-order valence-corrected chi connectivity index (χ3v) is 5.79. The van der Waals surface area contributed by atoms with Crippen LogP contribution in [-0.4, -0.2) is 75.5 Å². The number of carboxylic acid groups (broad SMARTS) is 1. The number of nitrogens with zero attached hydrogens (tertiary/aromatic N) is 4. The van der Waals surface area contributed by atoms with Gasteiger partial charge in [-0.25, -0.2) is 4.79 Å². The summed E-state index contributed by atoms with van der Waals surface area (Å²) in [5.41, 5.74) is 3.11. The van der Waals surface area contributed by atoms with Crippen molar-refractivity contribution >= 4 is 34.5 Å². The minimum Gasteiger partial charge on any atom is -0.465 e. The molecule has 11 nitrogen and oxygen atoms in total. The van der Waals surface area contributed by atoms with Crippen LogP contribution in [0.5, 0.6) is 0 Å². The lowest BCUT2D eigenvalue weighted by molar-refractivity contribution is -0.123. The van der Waals surface area contributed by atoms with E-state index in [9.17, 15) is 19.2 Å². The first kappa shape index (κ1) is 31.8. The molecular weight excluding hydrogens is 512 g/mol. The van der Waals surface area contributed by atoms with E-state index in [0.29, 0.717) is 25.3 Å². The highest BCUT2D eigenvalue weighted by Crippen LogP contribution is 2.21. The third-order valence-electron chi connectivity index (χ3n) is 5.79. The van der Waals surface area contributed by atoms with Crippen molar-refractivity contribution in [3.05, 3.63) is 70.6 Å². The van der Waals surface area contributed by atoms with Crippen LogP contribution < -0.4 is 10.9 Å². The summed E-state index contributed by atoms with van der Waals surface area (Å²) >= 11 is 0. The second-order valence-electron chi connectivity index (χ2n) is 10.3. The molecule has 3 rings (SSSR count).